The van der Waals surface area contributed by atoms with Crippen LogP contribution in [0.5, 0.6) is 0 Å². The topological polar surface area (TPSA) is 66.7 Å². The molecule has 0 aliphatic rings. The first-order valence-electron chi connectivity index (χ1n) is 8.67. The Morgan fingerprint density at radius 2 is 1.56 bits per heavy atom. The average molecular weight is 352 g/mol. The van der Waals surface area contributed by atoms with Crippen molar-refractivity contribution in [3.63, 3.8) is 0 Å². The van der Waals surface area contributed by atoms with Crippen LogP contribution in [0.25, 0.3) is 33.4 Å². The molecular formula is C22H16N4O. The highest BCUT2D eigenvalue weighted by molar-refractivity contribution is 5.82. The predicted octanol–water partition coefficient (Wildman–Crippen LogP) is 5.63. The van der Waals surface area contributed by atoms with Crippen LogP contribution in [0.1, 0.15) is 0 Å². The molecule has 3 aromatic carbocycles. The Bertz CT molecular complexity index is 1190. The number of rotatable bonds is 4. The Morgan fingerprint density at radius 1 is 0.778 bits per heavy atom. The van der Waals surface area contributed by atoms with Crippen LogP contribution in [0, 0.1) is 0 Å². The van der Waals surface area contributed by atoms with Gasteiger partial charge in [-0.15, -0.1) is 0 Å². The van der Waals surface area contributed by atoms with Crippen LogP contribution in [0.15, 0.2) is 89.6 Å². The Kier molecular flexibility index (Phi) is 3.68. The number of benzene rings is 3. The molecule has 5 nitrogen and oxygen atoms in total. The first-order valence-corrected chi connectivity index (χ1v) is 8.67. The van der Waals surface area contributed by atoms with Crippen molar-refractivity contribution in [1.82, 2.24) is 15.2 Å². The van der Waals surface area contributed by atoms with E-state index in [-0.39, 0.29) is 0 Å². The van der Waals surface area contributed by atoms with E-state index >= 15 is 0 Å². The van der Waals surface area contributed by atoms with Crippen molar-refractivity contribution in [3.05, 3.63) is 85.2 Å². The fourth-order valence-electron chi connectivity index (χ4n) is 3.07. The standard InChI is InChI=1S/C22H16N4O/c1-2-4-15(5-3-1)16-6-8-17(9-7-16)21-14-23-22(27-21)25-19-10-11-20-18(12-19)13-24-26-20/h1-14H,(H,23,25)(H,24,26). The summed E-state index contributed by atoms with van der Waals surface area (Å²) in [7, 11) is 0. The molecule has 0 saturated carbocycles. The number of anilines is 2. The van der Waals surface area contributed by atoms with Gasteiger partial charge in [-0.05, 0) is 29.3 Å². The van der Waals surface area contributed by atoms with Crippen molar-refractivity contribution in [2.45, 2.75) is 0 Å². The van der Waals surface area contributed by atoms with Gasteiger partial charge in [0.25, 0.3) is 6.01 Å². The van der Waals surface area contributed by atoms with Crippen LogP contribution in [0.3, 0.4) is 0 Å². The van der Waals surface area contributed by atoms with Crippen molar-refractivity contribution >= 4 is 22.6 Å². The lowest BCUT2D eigenvalue weighted by Crippen LogP contribution is -1.89. The smallest absolute Gasteiger partial charge is 0.299 e. The van der Waals surface area contributed by atoms with E-state index in [0.717, 1.165) is 27.9 Å². The highest BCUT2D eigenvalue weighted by atomic mass is 16.4. The van der Waals surface area contributed by atoms with Gasteiger partial charge < -0.3 is 9.73 Å². The van der Waals surface area contributed by atoms with E-state index in [1.807, 2.05) is 48.5 Å². The van der Waals surface area contributed by atoms with Gasteiger partial charge in [-0.25, -0.2) is 4.98 Å². The lowest BCUT2D eigenvalue weighted by atomic mass is 10.0. The molecule has 5 heteroatoms. The largest absolute Gasteiger partial charge is 0.423 e. The number of H-pyrrole nitrogens is 1. The summed E-state index contributed by atoms with van der Waals surface area (Å²) in [5.41, 5.74) is 5.24. The molecule has 0 spiro atoms. The fourth-order valence-corrected chi connectivity index (χ4v) is 3.07. The van der Waals surface area contributed by atoms with E-state index in [0.29, 0.717) is 6.01 Å². The lowest BCUT2D eigenvalue weighted by molar-refractivity contribution is 0.592. The predicted molar refractivity (Wildman–Crippen MR) is 107 cm³/mol. The van der Waals surface area contributed by atoms with Crippen molar-refractivity contribution in [1.29, 1.82) is 0 Å². The van der Waals surface area contributed by atoms with E-state index < -0.39 is 0 Å². The maximum Gasteiger partial charge on any atom is 0.299 e. The lowest BCUT2D eigenvalue weighted by Gasteiger charge is -2.03. The molecule has 0 unspecified atom stereocenters. The molecule has 27 heavy (non-hydrogen) atoms. The van der Waals surface area contributed by atoms with Gasteiger partial charge >= 0.3 is 0 Å². The maximum atomic E-state index is 5.87. The van der Waals surface area contributed by atoms with Crippen LogP contribution in [-0.2, 0) is 0 Å². The number of oxazole rings is 1. The van der Waals surface area contributed by atoms with Crippen LogP contribution in [-0.4, -0.2) is 15.2 Å². The van der Waals surface area contributed by atoms with Crippen molar-refractivity contribution in [2.24, 2.45) is 0 Å². The Morgan fingerprint density at radius 3 is 2.41 bits per heavy atom. The molecule has 5 aromatic rings. The first kappa shape index (κ1) is 15.4. The Hall–Kier alpha value is -3.86. The van der Waals surface area contributed by atoms with Crippen LogP contribution in [0.4, 0.5) is 11.7 Å². The zero-order valence-electron chi connectivity index (χ0n) is 14.4. The third-order valence-corrected chi connectivity index (χ3v) is 4.47. The second-order valence-electron chi connectivity index (χ2n) is 6.27. The number of nitrogens with one attached hydrogen (secondary N) is 2. The van der Waals surface area contributed by atoms with Gasteiger partial charge in [0.15, 0.2) is 5.76 Å². The molecule has 2 heterocycles. The number of fused-ring (bicyclic) bond motifs is 1. The van der Waals surface area contributed by atoms with Gasteiger partial charge in [0.05, 0.1) is 17.9 Å². The fraction of sp³-hybridized carbons (Fsp3) is 0. The summed E-state index contributed by atoms with van der Waals surface area (Å²) in [5.74, 6) is 0.724. The number of hydrogen-bond donors (Lipinski definition) is 2. The SMILES string of the molecule is c1ccc(-c2ccc(-c3cnc(Nc4ccc5[nH]ncc5c4)o3)cc2)cc1. The van der Waals surface area contributed by atoms with E-state index in [2.05, 4.69) is 44.8 Å². The second kappa shape index (κ2) is 6.46. The number of aromatic nitrogens is 3. The highest BCUT2D eigenvalue weighted by Crippen LogP contribution is 2.28. The van der Waals surface area contributed by atoms with E-state index in [1.54, 1.807) is 12.4 Å². The zero-order valence-corrected chi connectivity index (χ0v) is 14.4. The monoisotopic (exact) mass is 352 g/mol. The molecule has 2 N–H and O–H groups in total. The summed E-state index contributed by atoms with van der Waals surface area (Å²) >= 11 is 0. The minimum atomic E-state index is 0.458. The van der Waals surface area contributed by atoms with Crippen LogP contribution < -0.4 is 5.32 Å². The summed E-state index contributed by atoms with van der Waals surface area (Å²) in [5, 5.41) is 11.2. The average Bonchev–Trinajstić information content (AvgIpc) is 3.38. The van der Waals surface area contributed by atoms with Crippen LogP contribution >= 0.6 is 0 Å². The molecule has 0 bridgehead atoms. The van der Waals surface area contributed by atoms with Crippen LogP contribution in [0.2, 0.25) is 0 Å². The molecule has 0 amide bonds. The van der Waals surface area contributed by atoms with Gasteiger partial charge in [-0.3, -0.25) is 5.10 Å². The summed E-state index contributed by atoms with van der Waals surface area (Å²) < 4.78 is 5.87. The molecular weight excluding hydrogens is 336 g/mol. The maximum absolute atomic E-state index is 5.87. The third-order valence-electron chi connectivity index (χ3n) is 4.47. The van der Waals surface area contributed by atoms with E-state index in [4.69, 9.17) is 4.42 Å². The summed E-state index contributed by atoms with van der Waals surface area (Å²) in [6, 6.07) is 25.0. The number of hydrogen-bond acceptors (Lipinski definition) is 4. The second-order valence-corrected chi connectivity index (χ2v) is 6.27. The van der Waals surface area contributed by atoms with Gasteiger partial charge in [0.2, 0.25) is 0 Å². The van der Waals surface area contributed by atoms with Gasteiger partial charge in [-0.2, -0.15) is 5.10 Å². The van der Waals surface area contributed by atoms with Gasteiger partial charge in [-0.1, -0.05) is 54.6 Å². The molecule has 5 rings (SSSR count). The zero-order chi connectivity index (χ0) is 18.1. The number of aromatic amines is 1. The molecule has 130 valence electrons. The minimum Gasteiger partial charge on any atom is -0.423 e. The number of nitrogens with zero attached hydrogens (tertiary/aromatic N) is 2. The molecule has 0 aliphatic carbocycles. The molecule has 2 aromatic heterocycles. The Balaban J connectivity index is 1.37. The van der Waals surface area contributed by atoms with E-state index in [9.17, 15) is 0 Å². The molecule has 0 saturated heterocycles. The Labute approximate surface area is 155 Å². The highest BCUT2D eigenvalue weighted by Gasteiger charge is 2.08. The normalized spacial score (nSPS) is 11.0. The van der Waals surface area contributed by atoms with Crippen molar-refractivity contribution in [3.8, 4) is 22.5 Å². The van der Waals surface area contributed by atoms with Gasteiger partial charge in [0.1, 0.15) is 0 Å². The summed E-state index contributed by atoms with van der Waals surface area (Å²) in [6.07, 6.45) is 3.52. The summed E-state index contributed by atoms with van der Waals surface area (Å²) in [4.78, 5) is 4.33. The van der Waals surface area contributed by atoms with Crippen molar-refractivity contribution < 1.29 is 4.42 Å². The quantitative estimate of drug-likeness (QED) is 0.440. The van der Waals surface area contributed by atoms with E-state index in [1.165, 1.54) is 11.1 Å². The third kappa shape index (κ3) is 3.06. The van der Waals surface area contributed by atoms with Crippen molar-refractivity contribution in [2.75, 3.05) is 5.32 Å². The minimum absolute atomic E-state index is 0.458. The molecule has 0 fully saturated rings. The van der Waals surface area contributed by atoms with Gasteiger partial charge in [0, 0.05) is 16.6 Å². The molecule has 0 atom stereocenters. The first-order chi connectivity index (χ1) is 13.3. The summed E-state index contributed by atoms with van der Waals surface area (Å²) in [6.45, 7) is 0. The molecule has 0 aliphatic heterocycles. The molecule has 0 radical (unpaired) electrons.